The molecule has 1 aromatic rings. The van der Waals surface area contributed by atoms with Gasteiger partial charge in [0.15, 0.2) is 11.6 Å². The van der Waals surface area contributed by atoms with Gasteiger partial charge in [-0.3, -0.25) is 0 Å². The van der Waals surface area contributed by atoms with Crippen LogP contribution in [0.3, 0.4) is 0 Å². The first kappa shape index (κ1) is 13.4. The van der Waals surface area contributed by atoms with Crippen LogP contribution in [-0.2, 0) is 11.3 Å². The fourth-order valence-electron chi connectivity index (χ4n) is 1.21. The molecule has 2 nitrogen and oxygen atoms in total. The average molecular weight is 250 g/mol. The lowest BCUT2D eigenvalue weighted by molar-refractivity contribution is 0.150. The number of rotatable bonds is 7. The van der Waals surface area contributed by atoms with Crippen LogP contribution in [0.25, 0.3) is 0 Å². The molecule has 16 heavy (non-hydrogen) atoms. The second-order valence-corrected chi connectivity index (χ2v) is 3.57. The third-order valence-corrected chi connectivity index (χ3v) is 2.15. The van der Waals surface area contributed by atoms with Crippen molar-refractivity contribution in [2.45, 2.75) is 6.54 Å². The Labute approximate surface area is 98.6 Å². The highest BCUT2D eigenvalue weighted by atomic mass is 35.5. The van der Waals surface area contributed by atoms with Crippen LogP contribution in [0, 0.1) is 11.6 Å². The standard InChI is InChI=1S/C11H14ClF2NO/c12-4-6-16-7-5-15-8-9-2-1-3-10(13)11(9)14/h1-3,15H,4-8H2. The third kappa shape index (κ3) is 4.43. The number of halogens is 3. The van der Waals surface area contributed by atoms with E-state index >= 15 is 0 Å². The van der Waals surface area contributed by atoms with Crippen LogP contribution in [0.15, 0.2) is 18.2 Å². The predicted molar refractivity (Wildman–Crippen MR) is 59.6 cm³/mol. The minimum Gasteiger partial charge on any atom is -0.379 e. The summed E-state index contributed by atoms with van der Waals surface area (Å²) in [5.74, 6) is -1.16. The molecule has 0 unspecified atom stereocenters. The Bertz CT molecular complexity index is 323. The van der Waals surface area contributed by atoms with E-state index in [1.165, 1.54) is 6.07 Å². The van der Waals surface area contributed by atoms with Gasteiger partial charge in [-0.2, -0.15) is 0 Å². The van der Waals surface area contributed by atoms with E-state index < -0.39 is 11.6 Å². The molecule has 1 aromatic carbocycles. The summed E-state index contributed by atoms with van der Waals surface area (Å²) in [6.45, 7) is 1.86. The maximum Gasteiger partial charge on any atom is 0.163 e. The monoisotopic (exact) mass is 249 g/mol. The van der Waals surface area contributed by atoms with Gasteiger partial charge in [-0.1, -0.05) is 12.1 Å². The summed E-state index contributed by atoms with van der Waals surface area (Å²) < 4.78 is 31.1. The summed E-state index contributed by atoms with van der Waals surface area (Å²) in [6.07, 6.45) is 0. The molecular weight excluding hydrogens is 236 g/mol. The Morgan fingerprint density at radius 3 is 2.81 bits per heavy atom. The topological polar surface area (TPSA) is 21.3 Å². The lowest BCUT2D eigenvalue weighted by Crippen LogP contribution is -2.20. The second kappa shape index (κ2) is 7.54. The highest BCUT2D eigenvalue weighted by molar-refractivity contribution is 6.17. The fraction of sp³-hybridized carbons (Fsp3) is 0.455. The lowest BCUT2D eigenvalue weighted by atomic mass is 10.2. The van der Waals surface area contributed by atoms with Crippen LogP contribution >= 0.6 is 11.6 Å². The molecule has 0 aliphatic rings. The van der Waals surface area contributed by atoms with Crippen LogP contribution in [0.5, 0.6) is 0 Å². The van der Waals surface area contributed by atoms with Crippen LogP contribution in [0.4, 0.5) is 8.78 Å². The third-order valence-electron chi connectivity index (χ3n) is 1.99. The Kier molecular flexibility index (Phi) is 6.30. The van der Waals surface area contributed by atoms with Gasteiger partial charge in [0.2, 0.25) is 0 Å². The van der Waals surface area contributed by atoms with Crippen molar-refractivity contribution in [3.63, 3.8) is 0 Å². The van der Waals surface area contributed by atoms with Gasteiger partial charge < -0.3 is 10.1 Å². The first-order valence-corrected chi connectivity index (χ1v) is 5.56. The molecule has 0 bridgehead atoms. The van der Waals surface area contributed by atoms with Gasteiger partial charge >= 0.3 is 0 Å². The van der Waals surface area contributed by atoms with Crippen molar-refractivity contribution in [3.05, 3.63) is 35.4 Å². The molecule has 0 fully saturated rings. The predicted octanol–water partition coefficient (Wildman–Crippen LogP) is 2.31. The van der Waals surface area contributed by atoms with E-state index in [1.54, 1.807) is 6.07 Å². The van der Waals surface area contributed by atoms with Crippen LogP contribution in [0.2, 0.25) is 0 Å². The lowest BCUT2D eigenvalue weighted by Gasteiger charge is -2.06. The van der Waals surface area contributed by atoms with E-state index in [1.807, 2.05) is 0 Å². The van der Waals surface area contributed by atoms with E-state index in [2.05, 4.69) is 5.32 Å². The molecule has 0 aliphatic heterocycles. The molecule has 0 saturated heterocycles. The molecule has 0 spiro atoms. The molecule has 0 atom stereocenters. The second-order valence-electron chi connectivity index (χ2n) is 3.19. The van der Waals surface area contributed by atoms with Gasteiger partial charge in [0, 0.05) is 24.5 Å². The summed E-state index contributed by atoms with van der Waals surface area (Å²) in [5, 5.41) is 2.95. The number of ether oxygens (including phenoxy) is 1. The molecule has 0 aliphatic carbocycles. The van der Waals surface area contributed by atoms with Gasteiger partial charge in [0.05, 0.1) is 13.2 Å². The average Bonchev–Trinajstić information content (AvgIpc) is 2.29. The first-order valence-electron chi connectivity index (χ1n) is 5.03. The Balaban J connectivity index is 2.24. The van der Waals surface area contributed by atoms with Gasteiger partial charge in [-0.05, 0) is 6.07 Å². The SMILES string of the molecule is Fc1cccc(CNCCOCCCl)c1F. The zero-order valence-electron chi connectivity index (χ0n) is 8.81. The number of hydrogen-bond donors (Lipinski definition) is 1. The smallest absolute Gasteiger partial charge is 0.163 e. The largest absolute Gasteiger partial charge is 0.379 e. The molecule has 0 amide bonds. The van der Waals surface area contributed by atoms with Gasteiger partial charge in [-0.25, -0.2) is 8.78 Å². The molecular formula is C11H14ClF2NO. The highest BCUT2D eigenvalue weighted by Crippen LogP contribution is 2.10. The molecule has 0 radical (unpaired) electrons. The van der Waals surface area contributed by atoms with E-state index in [-0.39, 0.29) is 6.54 Å². The Morgan fingerprint density at radius 2 is 2.06 bits per heavy atom. The highest BCUT2D eigenvalue weighted by Gasteiger charge is 2.06. The van der Waals surface area contributed by atoms with E-state index in [0.29, 0.717) is 31.2 Å². The molecule has 90 valence electrons. The summed E-state index contributed by atoms with van der Waals surface area (Å²) in [7, 11) is 0. The number of alkyl halides is 1. The van der Waals surface area contributed by atoms with Crippen LogP contribution in [0.1, 0.15) is 5.56 Å². The molecule has 1 rings (SSSR count). The van der Waals surface area contributed by atoms with Crippen molar-refractivity contribution in [1.29, 1.82) is 0 Å². The summed E-state index contributed by atoms with van der Waals surface area (Å²) in [6, 6.07) is 4.13. The Morgan fingerprint density at radius 1 is 1.25 bits per heavy atom. The maximum absolute atomic E-state index is 13.2. The normalized spacial score (nSPS) is 10.7. The summed E-state index contributed by atoms with van der Waals surface area (Å²) in [5.41, 5.74) is 0.317. The molecule has 0 saturated carbocycles. The van der Waals surface area contributed by atoms with Crippen molar-refractivity contribution in [3.8, 4) is 0 Å². The summed E-state index contributed by atoms with van der Waals surface area (Å²) in [4.78, 5) is 0. The molecule has 1 N–H and O–H groups in total. The summed E-state index contributed by atoms with van der Waals surface area (Å²) >= 11 is 5.41. The minimum atomic E-state index is -0.822. The number of benzene rings is 1. The van der Waals surface area contributed by atoms with E-state index in [9.17, 15) is 8.78 Å². The van der Waals surface area contributed by atoms with Crippen molar-refractivity contribution in [1.82, 2.24) is 5.32 Å². The number of nitrogens with one attached hydrogen (secondary N) is 1. The first-order chi connectivity index (χ1) is 7.75. The van der Waals surface area contributed by atoms with Gasteiger partial charge in [0.1, 0.15) is 0 Å². The Hall–Kier alpha value is -0.710. The van der Waals surface area contributed by atoms with Crippen molar-refractivity contribution in [2.75, 3.05) is 25.6 Å². The zero-order valence-corrected chi connectivity index (χ0v) is 9.57. The zero-order chi connectivity index (χ0) is 11.8. The van der Waals surface area contributed by atoms with Gasteiger partial charge in [-0.15, -0.1) is 11.6 Å². The van der Waals surface area contributed by atoms with Crippen LogP contribution in [-0.4, -0.2) is 25.6 Å². The minimum absolute atomic E-state index is 0.286. The van der Waals surface area contributed by atoms with Crippen molar-refractivity contribution < 1.29 is 13.5 Å². The van der Waals surface area contributed by atoms with E-state index in [0.717, 1.165) is 6.07 Å². The molecule has 5 heteroatoms. The van der Waals surface area contributed by atoms with Crippen molar-refractivity contribution >= 4 is 11.6 Å². The number of hydrogen-bond acceptors (Lipinski definition) is 2. The fourth-order valence-corrected chi connectivity index (χ4v) is 1.32. The maximum atomic E-state index is 13.2. The quantitative estimate of drug-likeness (QED) is 0.592. The van der Waals surface area contributed by atoms with Gasteiger partial charge in [0.25, 0.3) is 0 Å². The van der Waals surface area contributed by atoms with E-state index in [4.69, 9.17) is 16.3 Å². The molecule has 0 heterocycles. The molecule has 0 aromatic heterocycles. The van der Waals surface area contributed by atoms with Crippen LogP contribution < -0.4 is 5.32 Å². The van der Waals surface area contributed by atoms with Crippen molar-refractivity contribution in [2.24, 2.45) is 0 Å².